The Kier molecular flexibility index (Phi) is 6.45. The van der Waals surface area contributed by atoms with E-state index in [9.17, 15) is 14.3 Å². The molecule has 0 saturated carbocycles. The summed E-state index contributed by atoms with van der Waals surface area (Å²) in [4.78, 5) is 11.6. The Morgan fingerprint density at radius 2 is 2.15 bits per heavy atom. The number of halogens is 1. The largest absolute Gasteiger partial charge is 0.484 e. The van der Waals surface area contributed by atoms with E-state index in [1.807, 2.05) is 13.8 Å². The molecular formula is C15H22FNO3. The number of benzene rings is 1. The number of ether oxygens (including phenoxy) is 1. The molecule has 1 amide bonds. The summed E-state index contributed by atoms with van der Waals surface area (Å²) >= 11 is 0. The van der Waals surface area contributed by atoms with Crippen LogP contribution in [-0.4, -0.2) is 23.7 Å². The molecule has 2 N–H and O–H groups in total. The molecule has 0 aliphatic heterocycles. The van der Waals surface area contributed by atoms with Crippen LogP contribution in [0.2, 0.25) is 0 Å². The van der Waals surface area contributed by atoms with Gasteiger partial charge in [0.15, 0.2) is 6.61 Å². The average Bonchev–Trinajstić information content (AvgIpc) is 2.36. The molecule has 0 radical (unpaired) electrons. The van der Waals surface area contributed by atoms with Crippen LogP contribution < -0.4 is 10.1 Å². The minimum atomic E-state index is -0.873. The van der Waals surface area contributed by atoms with Crippen molar-refractivity contribution in [3.05, 3.63) is 29.6 Å². The lowest BCUT2D eigenvalue weighted by Crippen LogP contribution is -2.35. The van der Waals surface area contributed by atoms with Crippen LogP contribution in [0.15, 0.2) is 18.2 Å². The number of hydrogen-bond acceptors (Lipinski definition) is 3. The quantitative estimate of drug-likeness (QED) is 0.808. The van der Waals surface area contributed by atoms with E-state index in [1.165, 1.54) is 25.1 Å². The molecule has 4 nitrogen and oxygen atoms in total. The molecule has 0 bridgehead atoms. The number of rotatable bonds is 7. The normalized spacial score (nSPS) is 13.7. The fraction of sp³-hybridized carbons (Fsp3) is 0.533. The van der Waals surface area contributed by atoms with Gasteiger partial charge in [0, 0.05) is 17.7 Å². The first kappa shape index (κ1) is 16.4. The van der Waals surface area contributed by atoms with Gasteiger partial charge in [-0.15, -0.1) is 0 Å². The van der Waals surface area contributed by atoms with E-state index in [2.05, 4.69) is 5.32 Å². The van der Waals surface area contributed by atoms with Gasteiger partial charge in [0.05, 0.1) is 6.10 Å². The SMILES string of the molecule is CCCC(C)NC(=O)COc1ccc([C@@H](C)O)c(F)c1. The summed E-state index contributed by atoms with van der Waals surface area (Å²) < 4.78 is 18.8. The predicted octanol–water partition coefficient (Wildman–Crippen LogP) is 2.56. The molecule has 0 fully saturated rings. The van der Waals surface area contributed by atoms with E-state index in [4.69, 9.17) is 4.74 Å². The molecule has 0 aromatic heterocycles. The highest BCUT2D eigenvalue weighted by molar-refractivity contribution is 5.77. The summed E-state index contributed by atoms with van der Waals surface area (Å²) in [6, 6.07) is 4.26. The molecule has 2 atom stereocenters. The molecule has 1 aromatic carbocycles. The number of carbonyl (C=O) groups excluding carboxylic acids is 1. The monoisotopic (exact) mass is 283 g/mol. The van der Waals surface area contributed by atoms with Gasteiger partial charge in [-0.05, 0) is 32.4 Å². The number of amides is 1. The van der Waals surface area contributed by atoms with Gasteiger partial charge in [-0.25, -0.2) is 4.39 Å². The lowest BCUT2D eigenvalue weighted by Gasteiger charge is -2.13. The Morgan fingerprint density at radius 3 is 2.70 bits per heavy atom. The lowest BCUT2D eigenvalue weighted by molar-refractivity contribution is -0.123. The summed E-state index contributed by atoms with van der Waals surface area (Å²) in [7, 11) is 0. The molecule has 0 aliphatic carbocycles. The maximum absolute atomic E-state index is 13.6. The highest BCUT2D eigenvalue weighted by Crippen LogP contribution is 2.21. The van der Waals surface area contributed by atoms with Crippen molar-refractivity contribution in [2.75, 3.05) is 6.61 Å². The summed E-state index contributed by atoms with van der Waals surface area (Å²) in [5.41, 5.74) is 0.207. The van der Waals surface area contributed by atoms with E-state index >= 15 is 0 Å². The number of hydrogen-bond donors (Lipinski definition) is 2. The Labute approximate surface area is 119 Å². The highest BCUT2D eigenvalue weighted by atomic mass is 19.1. The summed E-state index contributed by atoms with van der Waals surface area (Å²) in [6.07, 6.45) is 1.03. The second kappa shape index (κ2) is 7.85. The Hall–Kier alpha value is -1.62. The van der Waals surface area contributed by atoms with Crippen LogP contribution in [0, 0.1) is 5.82 Å². The standard InChI is InChI=1S/C15H22FNO3/c1-4-5-10(2)17-15(19)9-20-12-6-7-13(11(3)18)14(16)8-12/h6-8,10-11,18H,4-5,9H2,1-3H3,(H,17,19)/t10?,11-/m1/s1. The zero-order chi connectivity index (χ0) is 15.1. The topological polar surface area (TPSA) is 58.6 Å². The van der Waals surface area contributed by atoms with Crippen molar-refractivity contribution < 1.29 is 19.0 Å². The van der Waals surface area contributed by atoms with E-state index < -0.39 is 11.9 Å². The summed E-state index contributed by atoms with van der Waals surface area (Å²) in [5, 5.41) is 12.1. The summed E-state index contributed by atoms with van der Waals surface area (Å²) in [5.74, 6) is -0.506. The third kappa shape index (κ3) is 5.17. The fourth-order valence-electron chi connectivity index (χ4n) is 1.91. The molecule has 0 heterocycles. The maximum Gasteiger partial charge on any atom is 0.258 e. The molecule has 1 unspecified atom stereocenters. The van der Waals surface area contributed by atoms with E-state index in [1.54, 1.807) is 0 Å². The van der Waals surface area contributed by atoms with E-state index in [0.717, 1.165) is 12.8 Å². The van der Waals surface area contributed by atoms with Gasteiger partial charge in [0.25, 0.3) is 5.91 Å². The van der Waals surface area contributed by atoms with Crippen molar-refractivity contribution in [3.63, 3.8) is 0 Å². The second-order valence-corrected chi connectivity index (χ2v) is 4.91. The van der Waals surface area contributed by atoms with Crippen molar-refractivity contribution in [2.24, 2.45) is 0 Å². The highest BCUT2D eigenvalue weighted by Gasteiger charge is 2.11. The Balaban J connectivity index is 2.49. The third-order valence-corrected chi connectivity index (χ3v) is 2.92. The molecule has 112 valence electrons. The van der Waals surface area contributed by atoms with E-state index in [0.29, 0.717) is 0 Å². The first-order valence-electron chi connectivity index (χ1n) is 6.83. The third-order valence-electron chi connectivity index (χ3n) is 2.92. The number of nitrogens with one attached hydrogen (secondary N) is 1. The first-order valence-corrected chi connectivity index (χ1v) is 6.83. The van der Waals surface area contributed by atoms with Crippen LogP contribution in [-0.2, 0) is 4.79 Å². The van der Waals surface area contributed by atoms with Crippen LogP contribution in [0.3, 0.4) is 0 Å². The zero-order valence-electron chi connectivity index (χ0n) is 12.1. The molecule has 20 heavy (non-hydrogen) atoms. The molecule has 1 aromatic rings. The van der Waals surface area contributed by atoms with Crippen LogP contribution in [0.1, 0.15) is 45.3 Å². The van der Waals surface area contributed by atoms with Crippen molar-refractivity contribution >= 4 is 5.91 Å². The smallest absolute Gasteiger partial charge is 0.258 e. The van der Waals surface area contributed by atoms with E-state index in [-0.39, 0.29) is 29.9 Å². The lowest BCUT2D eigenvalue weighted by atomic mass is 10.1. The van der Waals surface area contributed by atoms with Gasteiger partial charge in [-0.3, -0.25) is 4.79 Å². The van der Waals surface area contributed by atoms with Gasteiger partial charge < -0.3 is 15.2 Å². The molecule has 1 rings (SSSR count). The predicted molar refractivity (Wildman–Crippen MR) is 75.0 cm³/mol. The van der Waals surface area contributed by atoms with Gasteiger partial charge in [0.2, 0.25) is 0 Å². The maximum atomic E-state index is 13.6. The van der Waals surface area contributed by atoms with Crippen LogP contribution in [0.5, 0.6) is 5.75 Å². The molecule has 0 spiro atoms. The number of aliphatic hydroxyl groups is 1. The number of carbonyl (C=O) groups is 1. The molecule has 0 saturated heterocycles. The van der Waals surface area contributed by atoms with Crippen LogP contribution >= 0.6 is 0 Å². The minimum Gasteiger partial charge on any atom is -0.484 e. The minimum absolute atomic E-state index is 0.102. The van der Waals surface area contributed by atoms with Crippen molar-refractivity contribution in [3.8, 4) is 5.75 Å². The Morgan fingerprint density at radius 1 is 1.45 bits per heavy atom. The van der Waals surface area contributed by atoms with Gasteiger partial charge in [0.1, 0.15) is 11.6 Å². The average molecular weight is 283 g/mol. The van der Waals surface area contributed by atoms with Crippen molar-refractivity contribution in [1.29, 1.82) is 0 Å². The molecule has 5 heteroatoms. The Bertz CT molecular complexity index is 449. The molecular weight excluding hydrogens is 261 g/mol. The van der Waals surface area contributed by atoms with Gasteiger partial charge in [-0.2, -0.15) is 0 Å². The van der Waals surface area contributed by atoms with Crippen LogP contribution in [0.4, 0.5) is 4.39 Å². The first-order chi connectivity index (χ1) is 9.43. The van der Waals surface area contributed by atoms with Gasteiger partial charge in [-0.1, -0.05) is 13.3 Å². The van der Waals surface area contributed by atoms with Crippen LogP contribution in [0.25, 0.3) is 0 Å². The fourth-order valence-corrected chi connectivity index (χ4v) is 1.91. The zero-order valence-corrected chi connectivity index (χ0v) is 12.1. The summed E-state index contributed by atoms with van der Waals surface area (Å²) in [6.45, 7) is 5.31. The second-order valence-electron chi connectivity index (χ2n) is 4.91. The van der Waals surface area contributed by atoms with Crippen molar-refractivity contribution in [1.82, 2.24) is 5.32 Å². The van der Waals surface area contributed by atoms with Crippen molar-refractivity contribution in [2.45, 2.75) is 45.8 Å². The number of aliphatic hydroxyl groups excluding tert-OH is 1. The molecule has 0 aliphatic rings. The van der Waals surface area contributed by atoms with Gasteiger partial charge >= 0.3 is 0 Å².